The zero-order valence-electron chi connectivity index (χ0n) is 26.4. The van der Waals surface area contributed by atoms with Crippen LogP contribution < -0.4 is 4.90 Å². The normalized spacial score (nSPS) is 23.9. The number of benzene rings is 2. The van der Waals surface area contributed by atoms with Gasteiger partial charge in [-0.1, -0.05) is 54.4 Å². The molecular formula is C35H42F3N3O4. The number of aromatic nitrogens is 2. The number of nitrogens with zero attached hydrogens (tertiary/aromatic N) is 3. The van der Waals surface area contributed by atoms with E-state index >= 15 is 0 Å². The number of amides is 1. The Morgan fingerprint density at radius 3 is 2.42 bits per heavy atom. The number of rotatable bonds is 8. The molecule has 3 aromatic rings. The summed E-state index contributed by atoms with van der Waals surface area (Å²) in [6.45, 7) is 5.42. The fraction of sp³-hybridized carbons (Fsp3) is 0.571. The van der Waals surface area contributed by atoms with Gasteiger partial charge in [-0.05, 0) is 107 Å². The lowest BCUT2D eigenvalue weighted by Gasteiger charge is -2.47. The van der Waals surface area contributed by atoms with Crippen LogP contribution in [-0.2, 0) is 15.8 Å². The number of aliphatic hydroxyl groups is 1. The molecule has 1 aromatic heterocycles. The Balaban J connectivity index is 1.27. The van der Waals surface area contributed by atoms with Crippen molar-refractivity contribution in [3.05, 3.63) is 65.8 Å². The number of carbonyl (C=O) groups is 1. The highest BCUT2D eigenvalue weighted by Gasteiger charge is 2.52. The molecule has 1 N–H and O–H groups in total. The summed E-state index contributed by atoms with van der Waals surface area (Å²) in [6.07, 6.45) is 1.85. The maximum Gasteiger partial charge on any atom is 0.427 e. The molecular weight excluding hydrogens is 583 g/mol. The van der Waals surface area contributed by atoms with Crippen molar-refractivity contribution in [2.24, 2.45) is 11.8 Å². The molecule has 6 rings (SSSR count). The van der Waals surface area contributed by atoms with Crippen LogP contribution >= 0.6 is 0 Å². The maximum atomic E-state index is 13.8. The number of halogens is 3. The third kappa shape index (κ3) is 6.48. The largest absolute Gasteiger partial charge is 0.433 e. The number of ether oxygens (including phenoxy) is 1. The van der Waals surface area contributed by atoms with Crippen molar-refractivity contribution >= 4 is 11.8 Å². The van der Waals surface area contributed by atoms with Crippen LogP contribution in [0, 0.1) is 11.8 Å². The van der Waals surface area contributed by atoms with E-state index in [1.807, 2.05) is 36.4 Å². The Labute approximate surface area is 262 Å². The highest BCUT2D eigenvalue weighted by molar-refractivity contribution is 5.89. The van der Waals surface area contributed by atoms with Gasteiger partial charge >= 0.3 is 12.3 Å². The minimum absolute atomic E-state index is 0.0699. The number of anilines is 1. The van der Waals surface area contributed by atoms with Crippen LogP contribution in [-0.4, -0.2) is 39.7 Å². The molecule has 242 valence electrons. The van der Waals surface area contributed by atoms with Gasteiger partial charge in [-0.3, -0.25) is 4.90 Å². The summed E-state index contributed by atoms with van der Waals surface area (Å²) in [6, 6.07) is 14.7. The second-order valence-electron chi connectivity index (χ2n) is 14.3. The quantitative estimate of drug-likeness (QED) is 0.270. The third-order valence-electron chi connectivity index (χ3n) is 10.1. The average molecular weight is 626 g/mol. The Bertz CT molecular complexity index is 1520. The number of carbonyl (C=O) groups excluding carboxylic acids is 1. The van der Waals surface area contributed by atoms with E-state index in [-0.39, 0.29) is 23.8 Å². The van der Waals surface area contributed by atoms with Gasteiger partial charge in [-0.2, -0.15) is 18.2 Å². The summed E-state index contributed by atoms with van der Waals surface area (Å²) < 4.78 is 52.4. The molecule has 3 unspecified atom stereocenters. The lowest BCUT2D eigenvalue weighted by atomic mass is 9.58. The highest BCUT2D eigenvalue weighted by atomic mass is 19.4. The molecule has 1 amide bonds. The minimum Gasteiger partial charge on any atom is -0.433 e. The minimum atomic E-state index is -4.73. The summed E-state index contributed by atoms with van der Waals surface area (Å²) in [5.41, 5.74) is -0.951. The first-order chi connectivity index (χ1) is 21.2. The van der Waals surface area contributed by atoms with Gasteiger partial charge in [0, 0.05) is 23.6 Å². The molecule has 0 radical (unpaired) electrons. The Hall–Kier alpha value is -3.40. The second kappa shape index (κ2) is 11.4. The van der Waals surface area contributed by atoms with Crippen molar-refractivity contribution in [1.29, 1.82) is 0 Å². The van der Waals surface area contributed by atoms with Crippen LogP contribution in [0.4, 0.5) is 23.7 Å². The fourth-order valence-corrected chi connectivity index (χ4v) is 7.01. The van der Waals surface area contributed by atoms with E-state index in [9.17, 15) is 23.1 Å². The van der Waals surface area contributed by atoms with Crippen molar-refractivity contribution in [3.8, 4) is 11.1 Å². The smallest absolute Gasteiger partial charge is 0.427 e. The van der Waals surface area contributed by atoms with Gasteiger partial charge in [-0.15, -0.1) is 0 Å². The number of alkyl halides is 3. The fourth-order valence-electron chi connectivity index (χ4n) is 7.01. The van der Waals surface area contributed by atoms with E-state index in [2.05, 4.69) is 5.16 Å². The van der Waals surface area contributed by atoms with Gasteiger partial charge in [0.15, 0.2) is 5.82 Å². The zero-order chi connectivity index (χ0) is 32.2. The third-order valence-corrected chi connectivity index (χ3v) is 10.1. The molecule has 2 bridgehead atoms. The summed E-state index contributed by atoms with van der Waals surface area (Å²) in [5.74, 6) is 2.26. The molecule has 0 saturated heterocycles. The van der Waals surface area contributed by atoms with Crippen LogP contribution in [0.15, 0.2) is 53.1 Å². The molecule has 10 heteroatoms. The SMILES string of the molecule is CC(C)(O)c1ccc(-c2cccc(N(CC3CCC4(c5nc(C6CC6)no5)CCCC3C4)C(=O)OC(C)(C)C(F)(F)F)c2)cc1. The lowest BCUT2D eigenvalue weighted by molar-refractivity contribution is -0.243. The number of fused-ring (bicyclic) bond motifs is 2. The molecule has 3 aliphatic carbocycles. The van der Waals surface area contributed by atoms with Gasteiger partial charge < -0.3 is 14.4 Å². The van der Waals surface area contributed by atoms with E-state index in [4.69, 9.17) is 14.2 Å². The van der Waals surface area contributed by atoms with Crippen LogP contribution in [0.25, 0.3) is 11.1 Å². The van der Waals surface area contributed by atoms with E-state index in [1.54, 1.807) is 26.0 Å². The predicted molar refractivity (Wildman–Crippen MR) is 164 cm³/mol. The Kier molecular flexibility index (Phi) is 8.03. The monoisotopic (exact) mass is 625 g/mol. The summed E-state index contributed by atoms with van der Waals surface area (Å²) in [4.78, 5) is 19.8. The van der Waals surface area contributed by atoms with Crippen molar-refractivity contribution < 1.29 is 32.3 Å². The molecule has 7 nitrogen and oxygen atoms in total. The van der Waals surface area contributed by atoms with Crippen molar-refractivity contribution in [2.45, 2.75) is 108 Å². The van der Waals surface area contributed by atoms with Crippen LogP contribution in [0.1, 0.15) is 102 Å². The molecule has 2 aromatic carbocycles. The lowest BCUT2D eigenvalue weighted by Crippen LogP contribution is -2.49. The Morgan fingerprint density at radius 1 is 1.02 bits per heavy atom. The highest BCUT2D eigenvalue weighted by Crippen LogP contribution is 2.53. The van der Waals surface area contributed by atoms with E-state index in [1.165, 1.54) is 4.90 Å². The molecule has 3 aliphatic rings. The molecule has 1 heterocycles. The maximum absolute atomic E-state index is 13.8. The van der Waals surface area contributed by atoms with E-state index < -0.39 is 23.5 Å². The molecule has 0 spiro atoms. The van der Waals surface area contributed by atoms with Crippen LogP contribution in [0.3, 0.4) is 0 Å². The topological polar surface area (TPSA) is 88.7 Å². The Morgan fingerprint density at radius 2 is 1.76 bits per heavy atom. The number of hydrogen-bond donors (Lipinski definition) is 1. The van der Waals surface area contributed by atoms with Crippen LogP contribution in [0.2, 0.25) is 0 Å². The van der Waals surface area contributed by atoms with E-state index in [0.717, 1.165) is 93.6 Å². The van der Waals surface area contributed by atoms with Gasteiger partial charge in [0.1, 0.15) is 0 Å². The van der Waals surface area contributed by atoms with Crippen molar-refractivity contribution in [2.75, 3.05) is 11.4 Å². The first-order valence-corrected chi connectivity index (χ1v) is 16.0. The average Bonchev–Trinajstić information content (AvgIpc) is 3.71. The molecule has 3 saturated carbocycles. The van der Waals surface area contributed by atoms with E-state index in [0.29, 0.717) is 11.6 Å². The van der Waals surface area contributed by atoms with Crippen molar-refractivity contribution in [1.82, 2.24) is 10.1 Å². The molecule has 3 fully saturated rings. The molecule has 3 atom stereocenters. The molecule has 0 aliphatic heterocycles. The number of hydrogen-bond acceptors (Lipinski definition) is 6. The van der Waals surface area contributed by atoms with Gasteiger partial charge in [0.25, 0.3) is 0 Å². The molecule has 45 heavy (non-hydrogen) atoms. The summed E-state index contributed by atoms with van der Waals surface area (Å²) in [7, 11) is 0. The van der Waals surface area contributed by atoms with Crippen molar-refractivity contribution in [3.63, 3.8) is 0 Å². The first-order valence-electron chi connectivity index (χ1n) is 16.0. The van der Waals surface area contributed by atoms with Gasteiger partial charge in [0.05, 0.1) is 5.60 Å². The van der Waals surface area contributed by atoms with Gasteiger partial charge in [0.2, 0.25) is 11.5 Å². The van der Waals surface area contributed by atoms with Crippen LogP contribution in [0.5, 0.6) is 0 Å². The first kappa shape index (κ1) is 31.6. The predicted octanol–water partition coefficient (Wildman–Crippen LogP) is 8.66. The summed E-state index contributed by atoms with van der Waals surface area (Å²) in [5, 5.41) is 14.6. The van der Waals surface area contributed by atoms with Gasteiger partial charge in [-0.25, -0.2) is 4.79 Å². The zero-order valence-corrected chi connectivity index (χ0v) is 26.4. The summed E-state index contributed by atoms with van der Waals surface area (Å²) >= 11 is 0. The second-order valence-corrected chi connectivity index (χ2v) is 14.3. The standard InChI is InChI=1S/C35H42F3N3O4/c1-32(2,43)27-14-12-22(13-15-27)24-7-5-9-28(19-24)41(31(42)44-33(3,4)35(36,37)38)21-26-16-18-34(17-6-8-25(26)20-34)30-39-29(40-45-30)23-10-11-23/h5,7,9,12-15,19,23,25-26,43H,6,8,10-11,16-18,20-21H2,1-4H3.